The zero-order valence-electron chi connectivity index (χ0n) is 42.8. The van der Waals surface area contributed by atoms with Gasteiger partial charge in [-0.3, -0.25) is 9.59 Å². The molecule has 9 rings (SSSR count). The highest BCUT2D eigenvalue weighted by Gasteiger charge is 2.66. The van der Waals surface area contributed by atoms with E-state index in [1.807, 2.05) is 0 Å². The van der Waals surface area contributed by atoms with Gasteiger partial charge in [-0.25, -0.2) is 9.59 Å². The normalized spacial score (nSPS) is 44.6. The van der Waals surface area contributed by atoms with Crippen molar-refractivity contribution in [1.82, 2.24) is 0 Å². The van der Waals surface area contributed by atoms with Gasteiger partial charge in [0.1, 0.15) is 12.2 Å². The molecule has 0 spiro atoms. The Morgan fingerprint density at radius 3 is 1.29 bits per heavy atom. The Morgan fingerprint density at radius 2 is 0.926 bits per heavy atom. The van der Waals surface area contributed by atoms with Crippen LogP contribution in [0.25, 0.3) is 0 Å². The summed E-state index contributed by atoms with van der Waals surface area (Å²) in [5, 5.41) is 24.0. The number of aliphatic hydroxyl groups is 2. The van der Waals surface area contributed by atoms with Crippen LogP contribution in [0.1, 0.15) is 191 Å². The van der Waals surface area contributed by atoms with Crippen LogP contribution in [-0.2, 0) is 28.5 Å². The van der Waals surface area contributed by atoms with Gasteiger partial charge >= 0.3 is 23.9 Å². The van der Waals surface area contributed by atoms with Gasteiger partial charge < -0.3 is 29.2 Å². The Hall–Kier alpha value is -2.98. The number of fused-ring (bicyclic) bond motifs is 10. The van der Waals surface area contributed by atoms with Crippen molar-refractivity contribution in [2.45, 2.75) is 194 Å². The maximum atomic E-state index is 13.6. The first-order valence-corrected chi connectivity index (χ1v) is 27.4. The molecule has 1 aromatic carbocycles. The number of ether oxygens (including phenoxy) is 4. The van der Waals surface area contributed by atoms with Gasteiger partial charge in [0, 0.05) is 12.8 Å². The molecule has 6 unspecified atom stereocenters. The quantitative estimate of drug-likeness (QED) is 0.153. The molecule has 8 fully saturated rings. The fourth-order valence-electron chi connectivity index (χ4n) is 19.0. The number of carbonyl (C=O) groups excluding carboxylic acids is 4. The number of esters is 4. The van der Waals surface area contributed by atoms with Crippen molar-refractivity contribution in [2.75, 3.05) is 14.2 Å². The third kappa shape index (κ3) is 8.49. The molecule has 0 aliphatic heterocycles. The van der Waals surface area contributed by atoms with Crippen molar-refractivity contribution >= 4 is 23.9 Å². The maximum absolute atomic E-state index is 13.6. The molecule has 8 saturated carbocycles. The summed E-state index contributed by atoms with van der Waals surface area (Å²) < 4.78 is 22.3. The molecule has 2 N–H and O–H groups in total. The van der Waals surface area contributed by atoms with Crippen molar-refractivity contribution in [3.63, 3.8) is 0 Å². The van der Waals surface area contributed by atoms with E-state index in [0.29, 0.717) is 95.0 Å². The first kappa shape index (κ1) is 50.0. The molecular formula is C58H86O10. The van der Waals surface area contributed by atoms with Gasteiger partial charge in [-0.1, -0.05) is 41.5 Å². The molecule has 0 heterocycles. The molecule has 0 saturated heterocycles. The van der Waals surface area contributed by atoms with Crippen molar-refractivity contribution in [1.29, 1.82) is 0 Å². The van der Waals surface area contributed by atoms with Crippen LogP contribution in [0.3, 0.4) is 0 Å². The smallest absolute Gasteiger partial charge is 0.338 e. The van der Waals surface area contributed by atoms with Crippen LogP contribution >= 0.6 is 0 Å². The third-order valence-corrected chi connectivity index (χ3v) is 22.9. The summed E-state index contributed by atoms with van der Waals surface area (Å²) in [6, 6.07) is 6.82. The number of benzene rings is 1. The largest absolute Gasteiger partial charge is 0.469 e. The summed E-state index contributed by atoms with van der Waals surface area (Å²) in [5.41, 5.74) is 0.856. The van der Waals surface area contributed by atoms with E-state index in [9.17, 15) is 29.4 Å². The summed E-state index contributed by atoms with van der Waals surface area (Å²) in [6.07, 6.45) is 17.6. The molecule has 1 aromatic rings. The van der Waals surface area contributed by atoms with Crippen LogP contribution in [0.5, 0.6) is 0 Å². The Bertz CT molecular complexity index is 1880. The predicted octanol–water partition coefficient (Wildman–Crippen LogP) is 11.2. The van der Waals surface area contributed by atoms with E-state index in [0.717, 1.165) is 116 Å². The first-order valence-electron chi connectivity index (χ1n) is 27.4. The van der Waals surface area contributed by atoms with E-state index in [4.69, 9.17) is 18.9 Å². The fraction of sp³-hybridized carbons (Fsp3) is 0.828. The average molecular weight is 943 g/mol. The molecule has 0 radical (unpaired) electrons. The molecular weight excluding hydrogens is 857 g/mol. The lowest BCUT2D eigenvalue weighted by Crippen LogP contribution is -2.59. The number of aliphatic hydroxyl groups excluding tert-OH is 2. The molecule has 0 amide bonds. The molecule has 20 atom stereocenters. The number of rotatable bonds is 12. The molecule has 8 aliphatic rings. The summed E-state index contributed by atoms with van der Waals surface area (Å²) in [7, 11) is 2.91. The van der Waals surface area contributed by atoms with Gasteiger partial charge in [-0.15, -0.1) is 0 Å². The minimum atomic E-state index is -0.357. The van der Waals surface area contributed by atoms with Crippen LogP contribution < -0.4 is 0 Å². The predicted molar refractivity (Wildman–Crippen MR) is 259 cm³/mol. The zero-order valence-corrected chi connectivity index (χ0v) is 42.8. The second-order valence-corrected chi connectivity index (χ2v) is 25.3. The van der Waals surface area contributed by atoms with E-state index in [-0.39, 0.29) is 70.0 Å². The number of methoxy groups -OCH3 is 2. The molecule has 10 nitrogen and oxygen atoms in total. The standard InChI is InChI=1S/C58H86O10/c1-33(9-23-51(61)65-7)43-19-21-45-41-17-15-37-29-39(25-27-55(37,3)47(41)31-49(59)57(43,45)5)67-53(63)35-11-13-36(14-12-35)54(64)68-40-26-28-56(4)38(30-40)16-18-42-46-22-20-44(34(2)10-24-52(62)66-8)58(46,6)50(60)32-48(42)56/h11-14,33-34,37-50,59-60H,9-10,15-32H2,1-8H3/t33-,34-,37-,38-,39-,40-,41?,42?,43-,44-,45?,46?,47?,48?,49+,50+,55+,56+,57-,58-/m1/s1. The van der Waals surface area contributed by atoms with Crippen LogP contribution in [0.15, 0.2) is 24.3 Å². The van der Waals surface area contributed by atoms with Gasteiger partial charge in [0.2, 0.25) is 0 Å². The van der Waals surface area contributed by atoms with Crippen LogP contribution in [0, 0.1) is 92.7 Å². The first-order chi connectivity index (χ1) is 32.4. The highest BCUT2D eigenvalue weighted by atomic mass is 16.5. The van der Waals surface area contributed by atoms with Crippen LogP contribution in [0.2, 0.25) is 0 Å². The number of carbonyl (C=O) groups is 4. The second kappa shape index (κ2) is 19.2. The lowest BCUT2D eigenvalue weighted by molar-refractivity contribution is -0.175. The molecule has 378 valence electrons. The number of hydrogen-bond acceptors (Lipinski definition) is 10. The van der Waals surface area contributed by atoms with Crippen molar-refractivity contribution in [3.8, 4) is 0 Å². The van der Waals surface area contributed by atoms with Gasteiger partial charge in [-0.2, -0.15) is 0 Å². The second-order valence-electron chi connectivity index (χ2n) is 25.3. The van der Waals surface area contributed by atoms with E-state index < -0.39 is 0 Å². The van der Waals surface area contributed by atoms with Gasteiger partial charge in [-0.05, 0) is 233 Å². The maximum Gasteiger partial charge on any atom is 0.338 e. The topological polar surface area (TPSA) is 146 Å². The summed E-state index contributed by atoms with van der Waals surface area (Å²) in [4.78, 5) is 51.1. The Kier molecular flexibility index (Phi) is 14.1. The molecule has 0 bridgehead atoms. The molecule has 8 aliphatic carbocycles. The highest BCUT2D eigenvalue weighted by molar-refractivity contribution is 5.93. The van der Waals surface area contributed by atoms with Crippen LogP contribution in [0.4, 0.5) is 0 Å². The lowest BCUT2D eigenvalue weighted by Gasteiger charge is -2.62. The van der Waals surface area contributed by atoms with E-state index in [1.165, 1.54) is 14.2 Å². The van der Waals surface area contributed by atoms with Gasteiger partial charge in [0.05, 0.1) is 37.6 Å². The van der Waals surface area contributed by atoms with E-state index in [1.54, 1.807) is 24.3 Å². The highest BCUT2D eigenvalue weighted by Crippen LogP contribution is 2.70. The SMILES string of the molecule is COC(=O)CC[C@@H](C)[C@H]1CCC2C3CC[C@@H]4C[C@H](OC(=O)c5ccc(C(=O)O[C@@H]6CC[C@]7(C)C8C[C@H](O)[C@@]9(C)C(CC[C@@H]9[C@H](C)CCC(=O)OC)C8CC[C@@H]7C6)cc5)CC[C@]4(C)C3C[C@H](O)[C@@]21C. The Labute approximate surface area is 407 Å². The Morgan fingerprint density at radius 1 is 0.544 bits per heavy atom. The lowest BCUT2D eigenvalue weighted by atomic mass is 9.43. The monoisotopic (exact) mass is 943 g/mol. The third-order valence-electron chi connectivity index (χ3n) is 22.9. The molecule has 0 aromatic heterocycles. The van der Waals surface area contributed by atoms with Crippen molar-refractivity contribution in [2.24, 2.45) is 92.7 Å². The molecule has 10 heteroatoms. The zero-order chi connectivity index (χ0) is 48.5. The average Bonchev–Trinajstić information content (AvgIpc) is 3.89. The fourth-order valence-corrected chi connectivity index (χ4v) is 19.0. The van der Waals surface area contributed by atoms with E-state index >= 15 is 0 Å². The van der Waals surface area contributed by atoms with Crippen molar-refractivity contribution < 1.29 is 48.3 Å². The Balaban J connectivity index is 0.756. The van der Waals surface area contributed by atoms with Crippen LogP contribution in [-0.4, -0.2) is 72.7 Å². The van der Waals surface area contributed by atoms with Crippen molar-refractivity contribution in [3.05, 3.63) is 35.4 Å². The minimum absolute atomic E-state index is 0.106. The minimum Gasteiger partial charge on any atom is -0.469 e. The van der Waals surface area contributed by atoms with Gasteiger partial charge in [0.15, 0.2) is 0 Å². The summed E-state index contributed by atoms with van der Waals surface area (Å²) >= 11 is 0. The van der Waals surface area contributed by atoms with E-state index in [2.05, 4.69) is 41.5 Å². The number of hydrogen-bond donors (Lipinski definition) is 2. The van der Waals surface area contributed by atoms with Gasteiger partial charge in [0.25, 0.3) is 0 Å². The summed E-state index contributed by atoms with van der Waals surface area (Å²) in [5.74, 6) is 4.52. The molecule has 68 heavy (non-hydrogen) atoms. The summed E-state index contributed by atoms with van der Waals surface area (Å²) in [6.45, 7) is 14.2.